The Morgan fingerprint density at radius 2 is 2.04 bits per heavy atom. The molecule has 1 N–H and O–H groups in total. The van der Waals surface area contributed by atoms with E-state index in [9.17, 15) is 14.9 Å². The van der Waals surface area contributed by atoms with Crippen molar-refractivity contribution in [3.63, 3.8) is 0 Å². The van der Waals surface area contributed by atoms with Gasteiger partial charge in [0.25, 0.3) is 5.91 Å². The second-order valence-corrected chi connectivity index (χ2v) is 4.80. The van der Waals surface area contributed by atoms with Crippen molar-refractivity contribution in [2.75, 3.05) is 19.0 Å². The van der Waals surface area contributed by atoms with Crippen LogP contribution in [0, 0.1) is 17.0 Å². The highest BCUT2D eigenvalue weighted by Crippen LogP contribution is 2.27. The molecule has 0 saturated heterocycles. The zero-order valence-corrected chi connectivity index (χ0v) is 12.7. The Hall–Kier alpha value is -3.09. The van der Waals surface area contributed by atoms with Gasteiger partial charge in [-0.15, -0.1) is 0 Å². The van der Waals surface area contributed by atoms with Gasteiger partial charge in [0, 0.05) is 17.8 Å². The van der Waals surface area contributed by atoms with E-state index in [1.165, 1.54) is 19.2 Å². The number of ether oxygens (including phenoxy) is 2. The lowest BCUT2D eigenvalue weighted by Gasteiger charge is -2.09. The lowest BCUT2D eigenvalue weighted by molar-refractivity contribution is -0.385. The van der Waals surface area contributed by atoms with E-state index in [4.69, 9.17) is 9.47 Å². The average Bonchev–Trinajstić information content (AvgIpc) is 2.53. The number of hydrogen-bond acceptors (Lipinski definition) is 5. The number of benzene rings is 2. The molecule has 23 heavy (non-hydrogen) atoms. The molecule has 0 atom stereocenters. The van der Waals surface area contributed by atoms with Crippen LogP contribution in [0.1, 0.15) is 5.56 Å². The van der Waals surface area contributed by atoms with Crippen LogP contribution in [-0.2, 0) is 4.79 Å². The monoisotopic (exact) mass is 316 g/mol. The molecule has 0 saturated carbocycles. The van der Waals surface area contributed by atoms with Crippen molar-refractivity contribution in [2.45, 2.75) is 6.92 Å². The van der Waals surface area contributed by atoms with E-state index < -0.39 is 10.8 Å². The van der Waals surface area contributed by atoms with Crippen LogP contribution < -0.4 is 14.8 Å². The number of hydrogen-bond donors (Lipinski definition) is 1. The normalized spacial score (nSPS) is 10.0. The van der Waals surface area contributed by atoms with E-state index in [1.807, 2.05) is 0 Å². The zero-order chi connectivity index (χ0) is 16.8. The third kappa shape index (κ3) is 4.44. The molecule has 7 nitrogen and oxygen atoms in total. The van der Waals surface area contributed by atoms with Crippen LogP contribution in [0.4, 0.5) is 11.4 Å². The number of aryl methyl sites for hydroxylation is 1. The number of carbonyl (C=O) groups is 1. The van der Waals surface area contributed by atoms with Crippen LogP contribution in [0.3, 0.4) is 0 Å². The molecule has 2 aromatic carbocycles. The van der Waals surface area contributed by atoms with Crippen molar-refractivity contribution in [3.05, 3.63) is 58.1 Å². The second-order valence-electron chi connectivity index (χ2n) is 4.80. The first kappa shape index (κ1) is 16.3. The molecule has 0 aliphatic heterocycles. The first-order valence-electron chi connectivity index (χ1n) is 6.81. The van der Waals surface area contributed by atoms with Crippen molar-refractivity contribution in [1.82, 2.24) is 0 Å². The van der Waals surface area contributed by atoms with Crippen molar-refractivity contribution in [1.29, 1.82) is 0 Å². The van der Waals surface area contributed by atoms with Gasteiger partial charge in [0.1, 0.15) is 5.75 Å². The Morgan fingerprint density at radius 1 is 1.26 bits per heavy atom. The molecule has 0 unspecified atom stereocenters. The molecule has 1 amide bonds. The SMILES string of the molecule is COc1cccc(NC(=O)COc2ccc(C)cc2[N+](=O)[O-])c1. The van der Waals surface area contributed by atoms with Crippen LogP contribution in [0.2, 0.25) is 0 Å². The summed E-state index contributed by atoms with van der Waals surface area (Å²) in [5, 5.41) is 13.6. The van der Waals surface area contributed by atoms with Crippen molar-refractivity contribution >= 4 is 17.3 Å². The maximum absolute atomic E-state index is 11.9. The number of amides is 1. The number of nitro benzene ring substituents is 1. The minimum Gasteiger partial charge on any atom is -0.497 e. The maximum Gasteiger partial charge on any atom is 0.311 e. The smallest absolute Gasteiger partial charge is 0.311 e. The highest BCUT2D eigenvalue weighted by atomic mass is 16.6. The van der Waals surface area contributed by atoms with Crippen LogP contribution in [0.5, 0.6) is 11.5 Å². The van der Waals surface area contributed by atoms with E-state index in [0.717, 1.165) is 5.56 Å². The Bertz CT molecular complexity index is 730. The fourth-order valence-corrected chi connectivity index (χ4v) is 1.93. The molecular formula is C16H16N2O5. The Balaban J connectivity index is 2.00. The van der Waals surface area contributed by atoms with Gasteiger partial charge in [0.15, 0.2) is 12.4 Å². The standard InChI is InChI=1S/C16H16N2O5/c1-11-6-7-15(14(8-11)18(20)21)23-10-16(19)17-12-4-3-5-13(9-12)22-2/h3-9H,10H2,1-2H3,(H,17,19). The van der Waals surface area contributed by atoms with E-state index in [1.54, 1.807) is 37.3 Å². The fourth-order valence-electron chi connectivity index (χ4n) is 1.93. The van der Waals surface area contributed by atoms with Gasteiger partial charge in [0.2, 0.25) is 0 Å². The van der Waals surface area contributed by atoms with Gasteiger partial charge in [-0.3, -0.25) is 14.9 Å². The summed E-state index contributed by atoms with van der Waals surface area (Å²) in [6.07, 6.45) is 0. The third-order valence-electron chi connectivity index (χ3n) is 3.02. The van der Waals surface area contributed by atoms with Crippen LogP contribution in [0.15, 0.2) is 42.5 Å². The molecular weight excluding hydrogens is 300 g/mol. The lowest BCUT2D eigenvalue weighted by Crippen LogP contribution is -2.20. The molecule has 2 aromatic rings. The molecule has 2 rings (SSSR count). The molecule has 0 fully saturated rings. The maximum atomic E-state index is 11.9. The molecule has 7 heteroatoms. The number of anilines is 1. The van der Waals surface area contributed by atoms with Gasteiger partial charge in [0.05, 0.1) is 12.0 Å². The number of nitro groups is 1. The molecule has 0 radical (unpaired) electrons. The Kier molecular flexibility index (Phi) is 5.14. The summed E-state index contributed by atoms with van der Waals surface area (Å²) in [6, 6.07) is 11.4. The van der Waals surface area contributed by atoms with E-state index in [-0.39, 0.29) is 18.0 Å². The summed E-state index contributed by atoms with van der Waals surface area (Å²) in [6.45, 7) is 1.41. The Labute approximate surface area is 133 Å². The average molecular weight is 316 g/mol. The quantitative estimate of drug-likeness (QED) is 0.653. The number of carbonyl (C=O) groups excluding carboxylic acids is 1. The summed E-state index contributed by atoms with van der Waals surface area (Å²) in [5.41, 5.74) is 1.13. The lowest BCUT2D eigenvalue weighted by atomic mass is 10.2. The van der Waals surface area contributed by atoms with Crippen LogP contribution in [-0.4, -0.2) is 24.5 Å². The van der Waals surface area contributed by atoms with Gasteiger partial charge in [-0.05, 0) is 30.7 Å². The van der Waals surface area contributed by atoms with E-state index in [0.29, 0.717) is 11.4 Å². The van der Waals surface area contributed by atoms with Crippen molar-refractivity contribution in [3.8, 4) is 11.5 Å². The summed E-state index contributed by atoms with van der Waals surface area (Å²) in [4.78, 5) is 22.3. The fraction of sp³-hybridized carbons (Fsp3) is 0.188. The predicted octanol–water partition coefficient (Wildman–Crippen LogP) is 2.93. The predicted molar refractivity (Wildman–Crippen MR) is 85.0 cm³/mol. The summed E-state index contributed by atoms with van der Waals surface area (Å²) >= 11 is 0. The molecule has 120 valence electrons. The molecule has 0 aliphatic rings. The molecule has 0 heterocycles. The first-order chi connectivity index (χ1) is 11.0. The van der Waals surface area contributed by atoms with Crippen molar-refractivity contribution in [2.24, 2.45) is 0 Å². The minimum absolute atomic E-state index is 0.0568. The highest BCUT2D eigenvalue weighted by Gasteiger charge is 2.16. The third-order valence-corrected chi connectivity index (χ3v) is 3.02. The number of rotatable bonds is 6. The summed E-state index contributed by atoms with van der Waals surface area (Å²) in [5.74, 6) is 0.243. The van der Waals surface area contributed by atoms with Gasteiger partial charge in [-0.2, -0.15) is 0 Å². The second kappa shape index (κ2) is 7.26. The highest BCUT2D eigenvalue weighted by molar-refractivity contribution is 5.92. The van der Waals surface area contributed by atoms with Crippen molar-refractivity contribution < 1.29 is 19.2 Å². The largest absolute Gasteiger partial charge is 0.497 e. The van der Waals surface area contributed by atoms with Gasteiger partial charge >= 0.3 is 5.69 Å². The molecule has 0 aromatic heterocycles. The Morgan fingerprint density at radius 3 is 2.74 bits per heavy atom. The molecule has 0 spiro atoms. The van der Waals surface area contributed by atoms with Gasteiger partial charge < -0.3 is 14.8 Å². The van der Waals surface area contributed by atoms with Gasteiger partial charge in [-0.25, -0.2) is 0 Å². The molecule has 0 bridgehead atoms. The topological polar surface area (TPSA) is 90.7 Å². The number of nitrogens with one attached hydrogen (secondary N) is 1. The minimum atomic E-state index is -0.539. The van der Waals surface area contributed by atoms with Crippen LogP contribution in [0.25, 0.3) is 0 Å². The summed E-state index contributed by atoms with van der Waals surface area (Å²) < 4.78 is 10.3. The van der Waals surface area contributed by atoms with E-state index >= 15 is 0 Å². The number of methoxy groups -OCH3 is 1. The van der Waals surface area contributed by atoms with Crippen LogP contribution >= 0.6 is 0 Å². The number of nitrogens with zero attached hydrogens (tertiary/aromatic N) is 1. The summed E-state index contributed by atoms with van der Waals surface area (Å²) in [7, 11) is 1.53. The molecule has 0 aliphatic carbocycles. The first-order valence-corrected chi connectivity index (χ1v) is 6.81. The zero-order valence-electron chi connectivity index (χ0n) is 12.7. The van der Waals surface area contributed by atoms with Gasteiger partial charge in [-0.1, -0.05) is 12.1 Å². The van der Waals surface area contributed by atoms with E-state index in [2.05, 4.69) is 5.32 Å².